The summed E-state index contributed by atoms with van der Waals surface area (Å²) in [6.07, 6.45) is -0.0228. The minimum atomic E-state index is -1.11. The maximum absolute atomic E-state index is 12.7. The summed E-state index contributed by atoms with van der Waals surface area (Å²) in [5.41, 5.74) is 0.512. The van der Waals surface area contributed by atoms with E-state index in [2.05, 4.69) is 5.32 Å². The number of hydrogen-bond donors (Lipinski definition) is 2. The van der Waals surface area contributed by atoms with Gasteiger partial charge in [-0.2, -0.15) is 0 Å². The number of halogens is 1. The molecule has 0 spiro atoms. The van der Waals surface area contributed by atoms with Crippen molar-refractivity contribution in [2.45, 2.75) is 6.42 Å². The highest BCUT2D eigenvalue weighted by Crippen LogP contribution is 2.03. The summed E-state index contributed by atoms with van der Waals surface area (Å²) in [6.45, 7) is -0.422. The summed E-state index contributed by atoms with van der Waals surface area (Å²) in [5, 5.41) is 10.5. The topological polar surface area (TPSA) is 66.4 Å². The van der Waals surface area contributed by atoms with Crippen LogP contribution in [0.3, 0.4) is 0 Å². The number of nitrogens with one attached hydrogen (secondary N) is 1. The molecular formula is C10H10FNO3. The highest BCUT2D eigenvalue weighted by atomic mass is 19.1. The number of rotatable bonds is 4. The van der Waals surface area contributed by atoms with Crippen molar-refractivity contribution in [2.24, 2.45) is 0 Å². The molecule has 80 valence electrons. The molecule has 0 radical (unpaired) electrons. The Morgan fingerprint density at radius 2 is 2.13 bits per heavy atom. The molecule has 0 saturated carbocycles. The molecule has 5 heteroatoms. The van der Waals surface area contributed by atoms with Gasteiger partial charge in [0.2, 0.25) is 5.91 Å². The molecule has 15 heavy (non-hydrogen) atoms. The SMILES string of the molecule is O=C(O)CNC(=O)Cc1cccc(F)c1. The van der Waals surface area contributed by atoms with Gasteiger partial charge in [0.15, 0.2) is 0 Å². The molecule has 0 saturated heterocycles. The van der Waals surface area contributed by atoms with Crippen LogP contribution in [0.15, 0.2) is 24.3 Å². The first-order valence-corrected chi connectivity index (χ1v) is 4.31. The third-order valence-corrected chi connectivity index (χ3v) is 1.69. The molecule has 1 amide bonds. The lowest BCUT2D eigenvalue weighted by Gasteiger charge is -2.02. The molecule has 0 unspecified atom stereocenters. The third kappa shape index (κ3) is 4.21. The molecule has 0 fully saturated rings. The van der Waals surface area contributed by atoms with Crippen molar-refractivity contribution in [2.75, 3.05) is 6.54 Å². The first-order valence-electron chi connectivity index (χ1n) is 4.31. The van der Waals surface area contributed by atoms with Crippen LogP contribution >= 0.6 is 0 Å². The minimum Gasteiger partial charge on any atom is -0.480 e. The highest BCUT2D eigenvalue weighted by Gasteiger charge is 2.05. The fraction of sp³-hybridized carbons (Fsp3) is 0.200. The molecule has 4 nitrogen and oxygen atoms in total. The van der Waals surface area contributed by atoms with E-state index in [1.165, 1.54) is 18.2 Å². The molecule has 0 aliphatic carbocycles. The van der Waals surface area contributed by atoms with E-state index >= 15 is 0 Å². The molecule has 0 aliphatic heterocycles. The van der Waals surface area contributed by atoms with E-state index in [9.17, 15) is 14.0 Å². The molecule has 0 aromatic heterocycles. The molecule has 0 heterocycles. The molecular weight excluding hydrogens is 201 g/mol. The van der Waals surface area contributed by atoms with Gasteiger partial charge in [0.25, 0.3) is 0 Å². The second-order valence-corrected chi connectivity index (χ2v) is 2.98. The van der Waals surface area contributed by atoms with Crippen molar-refractivity contribution in [3.05, 3.63) is 35.6 Å². The van der Waals surface area contributed by atoms with Crippen LogP contribution in [0.25, 0.3) is 0 Å². The van der Waals surface area contributed by atoms with Gasteiger partial charge in [-0.3, -0.25) is 9.59 Å². The number of carboxylic acids is 1. The van der Waals surface area contributed by atoms with E-state index < -0.39 is 24.2 Å². The first-order chi connectivity index (χ1) is 7.08. The van der Waals surface area contributed by atoms with E-state index in [0.29, 0.717) is 5.56 Å². The Labute approximate surface area is 85.7 Å². The summed E-state index contributed by atoms with van der Waals surface area (Å²) >= 11 is 0. The van der Waals surface area contributed by atoms with Crippen LogP contribution in [-0.2, 0) is 16.0 Å². The zero-order valence-electron chi connectivity index (χ0n) is 7.87. The maximum Gasteiger partial charge on any atom is 0.322 e. The van der Waals surface area contributed by atoms with Crippen molar-refractivity contribution in [3.63, 3.8) is 0 Å². The fourth-order valence-corrected chi connectivity index (χ4v) is 1.07. The zero-order chi connectivity index (χ0) is 11.3. The normalized spacial score (nSPS) is 9.67. The summed E-state index contributed by atoms with van der Waals surface area (Å²) in [6, 6.07) is 5.61. The van der Waals surface area contributed by atoms with Gasteiger partial charge in [-0.15, -0.1) is 0 Å². The van der Waals surface area contributed by atoms with Crippen molar-refractivity contribution >= 4 is 11.9 Å². The van der Waals surface area contributed by atoms with Crippen molar-refractivity contribution in [1.29, 1.82) is 0 Å². The van der Waals surface area contributed by atoms with Gasteiger partial charge in [-0.1, -0.05) is 12.1 Å². The Bertz CT molecular complexity index is 379. The molecule has 2 N–H and O–H groups in total. The second-order valence-electron chi connectivity index (χ2n) is 2.98. The van der Waals surface area contributed by atoms with Gasteiger partial charge in [0.1, 0.15) is 12.4 Å². The third-order valence-electron chi connectivity index (χ3n) is 1.69. The predicted molar refractivity (Wildman–Crippen MR) is 50.7 cm³/mol. The van der Waals surface area contributed by atoms with Crippen LogP contribution in [0.1, 0.15) is 5.56 Å². The van der Waals surface area contributed by atoms with E-state index in [-0.39, 0.29) is 6.42 Å². The second kappa shape index (κ2) is 5.09. The van der Waals surface area contributed by atoms with Crippen LogP contribution in [0.5, 0.6) is 0 Å². The number of carboxylic acid groups (broad SMARTS) is 1. The van der Waals surface area contributed by atoms with E-state index in [0.717, 1.165) is 0 Å². The number of amides is 1. The van der Waals surface area contributed by atoms with Crippen LogP contribution in [0, 0.1) is 5.82 Å². The van der Waals surface area contributed by atoms with Crippen LogP contribution in [0.2, 0.25) is 0 Å². The minimum absolute atomic E-state index is 0.0228. The lowest BCUT2D eigenvalue weighted by molar-refractivity contribution is -0.137. The van der Waals surface area contributed by atoms with Gasteiger partial charge < -0.3 is 10.4 Å². The number of hydrogen-bond acceptors (Lipinski definition) is 2. The first kappa shape index (κ1) is 11.2. The van der Waals surface area contributed by atoms with Gasteiger partial charge in [0.05, 0.1) is 6.42 Å². The standard InChI is InChI=1S/C10H10FNO3/c11-8-3-1-2-7(4-8)5-9(13)12-6-10(14)15/h1-4H,5-6H2,(H,12,13)(H,14,15). The van der Waals surface area contributed by atoms with Gasteiger partial charge >= 0.3 is 5.97 Å². The Morgan fingerprint density at radius 1 is 1.40 bits per heavy atom. The Balaban J connectivity index is 2.48. The van der Waals surface area contributed by atoms with Crippen molar-refractivity contribution in [3.8, 4) is 0 Å². The largest absolute Gasteiger partial charge is 0.480 e. The Morgan fingerprint density at radius 3 is 2.73 bits per heavy atom. The number of benzene rings is 1. The molecule has 1 rings (SSSR count). The summed E-state index contributed by atoms with van der Waals surface area (Å²) in [5.74, 6) is -1.97. The summed E-state index contributed by atoms with van der Waals surface area (Å²) in [7, 11) is 0. The average Bonchev–Trinajstić information content (AvgIpc) is 2.15. The zero-order valence-corrected chi connectivity index (χ0v) is 7.87. The molecule has 0 bridgehead atoms. The van der Waals surface area contributed by atoms with E-state index in [1.54, 1.807) is 6.07 Å². The molecule has 1 aromatic rings. The van der Waals surface area contributed by atoms with Gasteiger partial charge in [-0.25, -0.2) is 4.39 Å². The molecule has 1 aromatic carbocycles. The number of carbonyl (C=O) groups excluding carboxylic acids is 1. The molecule has 0 atom stereocenters. The van der Waals surface area contributed by atoms with E-state index in [4.69, 9.17) is 5.11 Å². The van der Waals surface area contributed by atoms with Crippen LogP contribution < -0.4 is 5.32 Å². The average molecular weight is 211 g/mol. The monoisotopic (exact) mass is 211 g/mol. The summed E-state index contributed by atoms with van der Waals surface area (Å²) < 4.78 is 12.7. The van der Waals surface area contributed by atoms with Crippen molar-refractivity contribution in [1.82, 2.24) is 5.32 Å². The lowest BCUT2D eigenvalue weighted by atomic mass is 10.1. The van der Waals surface area contributed by atoms with Crippen LogP contribution in [-0.4, -0.2) is 23.5 Å². The Hall–Kier alpha value is -1.91. The quantitative estimate of drug-likeness (QED) is 0.765. The van der Waals surface area contributed by atoms with Gasteiger partial charge in [-0.05, 0) is 17.7 Å². The smallest absolute Gasteiger partial charge is 0.322 e. The van der Waals surface area contributed by atoms with Crippen molar-refractivity contribution < 1.29 is 19.1 Å². The van der Waals surface area contributed by atoms with Gasteiger partial charge in [0, 0.05) is 0 Å². The lowest BCUT2D eigenvalue weighted by Crippen LogP contribution is -2.30. The summed E-state index contributed by atoms with van der Waals surface area (Å²) in [4.78, 5) is 21.3. The van der Waals surface area contributed by atoms with Crippen LogP contribution in [0.4, 0.5) is 4.39 Å². The molecule has 0 aliphatic rings. The number of carbonyl (C=O) groups is 2. The van der Waals surface area contributed by atoms with E-state index in [1.807, 2.05) is 0 Å². The fourth-order valence-electron chi connectivity index (χ4n) is 1.07. The number of aliphatic carboxylic acids is 1. The highest BCUT2D eigenvalue weighted by molar-refractivity contribution is 5.82. The predicted octanol–water partition coefficient (Wildman–Crippen LogP) is 0.569. The Kier molecular flexibility index (Phi) is 3.79. The maximum atomic E-state index is 12.7.